The summed E-state index contributed by atoms with van der Waals surface area (Å²) in [6.45, 7) is -0.150. The Morgan fingerprint density at radius 3 is 2.59 bits per heavy atom. The number of para-hydroxylation sites is 1. The highest BCUT2D eigenvalue weighted by molar-refractivity contribution is 6.30. The van der Waals surface area contributed by atoms with Gasteiger partial charge in [-0.15, -0.1) is 10.2 Å². The van der Waals surface area contributed by atoms with Crippen molar-refractivity contribution in [1.29, 1.82) is 5.26 Å². The van der Waals surface area contributed by atoms with E-state index in [2.05, 4.69) is 20.8 Å². The van der Waals surface area contributed by atoms with Gasteiger partial charge in [0.25, 0.3) is 5.91 Å². The number of hydrogen-bond acceptors (Lipinski definition) is 5. The fraction of sp³-hybridized carbons (Fsp3) is 0.0556. The Balaban J connectivity index is 1.73. The van der Waals surface area contributed by atoms with Crippen LogP contribution >= 0.6 is 11.6 Å². The molecule has 2 N–H and O–H groups in total. The summed E-state index contributed by atoms with van der Waals surface area (Å²) in [5.41, 5.74) is 1.22. The highest BCUT2D eigenvalue weighted by Crippen LogP contribution is 2.19. The second-order valence-electron chi connectivity index (χ2n) is 5.45. The van der Waals surface area contributed by atoms with Crippen LogP contribution in [0, 0.1) is 11.3 Å². The third-order valence-corrected chi connectivity index (χ3v) is 3.83. The molecule has 0 unspecified atom stereocenters. The van der Waals surface area contributed by atoms with E-state index in [1.165, 1.54) is 10.9 Å². The summed E-state index contributed by atoms with van der Waals surface area (Å²) >= 11 is 5.84. The average molecular weight is 381 g/mol. The first-order chi connectivity index (χ1) is 13.1. The topological polar surface area (TPSA) is 113 Å². The van der Waals surface area contributed by atoms with Crippen molar-refractivity contribution in [2.24, 2.45) is 0 Å². The number of nitriles is 1. The van der Waals surface area contributed by atoms with E-state index in [4.69, 9.17) is 16.9 Å². The first-order valence-corrected chi connectivity index (χ1v) is 8.18. The average Bonchev–Trinajstić information content (AvgIpc) is 3.11. The van der Waals surface area contributed by atoms with Crippen molar-refractivity contribution in [3.63, 3.8) is 0 Å². The predicted octanol–water partition coefficient (Wildman–Crippen LogP) is 2.69. The van der Waals surface area contributed by atoms with E-state index in [0.717, 1.165) is 0 Å². The van der Waals surface area contributed by atoms with Gasteiger partial charge >= 0.3 is 0 Å². The van der Waals surface area contributed by atoms with Gasteiger partial charge in [0.05, 0.1) is 11.3 Å². The molecule has 9 heteroatoms. The van der Waals surface area contributed by atoms with E-state index in [0.29, 0.717) is 22.0 Å². The number of anilines is 2. The number of carbonyl (C=O) groups excluding carboxylic acids is 2. The molecule has 0 aliphatic rings. The number of nitrogens with one attached hydrogen (secondary N) is 2. The van der Waals surface area contributed by atoms with Crippen molar-refractivity contribution >= 4 is 34.8 Å². The lowest BCUT2D eigenvalue weighted by Gasteiger charge is -2.12. The van der Waals surface area contributed by atoms with Crippen molar-refractivity contribution in [2.45, 2.75) is 6.54 Å². The maximum atomic E-state index is 12.6. The van der Waals surface area contributed by atoms with Crippen molar-refractivity contribution in [3.8, 4) is 6.07 Å². The third kappa shape index (κ3) is 4.48. The maximum Gasteiger partial charge on any atom is 0.257 e. The lowest BCUT2D eigenvalue weighted by molar-refractivity contribution is -0.116. The van der Waals surface area contributed by atoms with Gasteiger partial charge in [-0.2, -0.15) is 5.26 Å². The van der Waals surface area contributed by atoms with E-state index < -0.39 is 5.91 Å². The maximum absolute atomic E-state index is 12.6. The second kappa shape index (κ2) is 8.12. The zero-order valence-electron chi connectivity index (χ0n) is 13.9. The lowest BCUT2D eigenvalue weighted by atomic mass is 10.1. The van der Waals surface area contributed by atoms with Crippen LogP contribution < -0.4 is 10.6 Å². The van der Waals surface area contributed by atoms with Gasteiger partial charge in [0.15, 0.2) is 0 Å². The standard InChI is InChI=1S/C18H13ClN6O2/c19-12-5-7-13(8-6-12)22-18(27)14-3-1-2-4-15(14)23-17(26)10-25-11-21-24-16(25)9-20/h1-8,11H,10H2,(H,22,27)(H,23,26). The summed E-state index contributed by atoms with van der Waals surface area (Å²) in [6, 6.07) is 15.1. The molecule has 2 aromatic carbocycles. The zero-order valence-corrected chi connectivity index (χ0v) is 14.6. The number of rotatable bonds is 5. The molecule has 0 radical (unpaired) electrons. The van der Waals surface area contributed by atoms with E-state index in [1.807, 2.05) is 6.07 Å². The Kier molecular flexibility index (Phi) is 5.44. The molecule has 1 heterocycles. The largest absolute Gasteiger partial charge is 0.324 e. The molecule has 134 valence electrons. The highest BCUT2D eigenvalue weighted by atomic mass is 35.5. The predicted molar refractivity (Wildman–Crippen MR) is 99.2 cm³/mol. The van der Waals surface area contributed by atoms with Gasteiger partial charge in [-0.25, -0.2) is 0 Å². The summed E-state index contributed by atoms with van der Waals surface area (Å²) < 4.78 is 1.31. The lowest BCUT2D eigenvalue weighted by Crippen LogP contribution is -2.22. The molecule has 2 amide bonds. The van der Waals surface area contributed by atoms with E-state index >= 15 is 0 Å². The van der Waals surface area contributed by atoms with Crippen LogP contribution in [0.3, 0.4) is 0 Å². The summed E-state index contributed by atoms with van der Waals surface area (Å²) in [5.74, 6) is -0.771. The molecule has 0 saturated heterocycles. The minimum Gasteiger partial charge on any atom is -0.324 e. The number of carbonyl (C=O) groups is 2. The molecule has 0 fully saturated rings. The monoisotopic (exact) mass is 380 g/mol. The Labute approximate surface area is 159 Å². The summed E-state index contributed by atoms with van der Waals surface area (Å²) in [6.07, 6.45) is 1.29. The minimum absolute atomic E-state index is 0.0268. The number of hydrogen-bond donors (Lipinski definition) is 2. The molecule has 0 saturated carbocycles. The number of benzene rings is 2. The summed E-state index contributed by atoms with van der Waals surface area (Å²) in [7, 11) is 0. The van der Waals surface area contributed by atoms with Crippen LogP contribution in [0.4, 0.5) is 11.4 Å². The van der Waals surface area contributed by atoms with Gasteiger partial charge in [-0.1, -0.05) is 23.7 Å². The highest BCUT2D eigenvalue weighted by Gasteiger charge is 2.14. The van der Waals surface area contributed by atoms with Gasteiger partial charge in [0, 0.05) is 10.7 Å². The SMILES string of the molecule is N#Cc1nncn1CC(=O)Nc1ccccc1C(=O)Nc1ccc(Cl)cc1. The second-order valence-corrected chi connectivity index (χ2v) is 5.89. The smallest absolute Gasteiger partial charge is 0.257 e. The Morgan fingerprint density at radius 1 is 1.11 bits per heavy atom. The van der Waals surface area contributed by atoms with Gasteiger partial charge in [-0.05, 0) is 36.4 Å². The molecule has 27 heavy (non-hydrogen) atoms. The first kappa shape index (κ1) is 18.1. The fourth-order valence-corrected chi connectivity index (χ4v) is 2.45. The molecular weight excluding hydrogens is 368 g/mol. The quantitative estimate of drug-likeness (QED) is 0.706. The van der Waals surface area contributed by atoms with Crippen molar-refractivity contribution in [3.05, 3.63) is 71.3 Å². The summed E-state index contributed by atoms with van der Waals surface area (Å²) in [5, 5.41) is 22.1. The summed E-state index contributed by atoms with van der Waals surface area (Å²) in [4.78, 5) is 24.8. The van der Waals surface area contributed by atoms with Crippen LogP contribution in [0.5, 0.6) is 0 Å². The van der Waals surface area contributed by atoms with Crippen molar-refractivity contribution < 1.29 is 9.59 Å². The molecule has 8 nitrogen and oxygen atoms in total. The van der Waals surface area contributed by atoms with E-state index in [-0.39, 0.29) is 18.3 Å². The van der Waals surface area contributed by atoms with Gasteiger partial charge in [0.1, 0.15) is 18.9 Å². The molecule has 1 aromatic heterocycles. The Bertz CT molecular complexity index is 1020. The van der Waals surface area contributed by atoms with Gasteiger partial charge < -0.3 is 10.6 Å². The molecule has 3 rings (SSSR count). The molecule has 3 aromatic rings. The van der Waals surface area contributed by atoms with Crippen LogP contribution in [0.1, 0.15) is 16.2 Å². The van der Waals surface area contributed by atoms with E-state index in [9.17, 15) is 9.59 Å². The number of amides is 2. The molecule has 0 bridgehead atoms. The first-order valence-electron chi connectivity index (χ1n) is 7.80. The third-order valence-electron chi connectivity index (χ3n) is 3.58. The normalized spacial score (nSPS) is 10.1. The van der Waals surface area contributed by atoms with Crippen molar-refractivity contribution in [1.82, 2.24) is 14.8 Å². The van der Waals surface area contributed by atoms with Crippen LogP contribution in [-0.2, 0) is 11.3 Å². The molecule has 0 atom stereocenters. The molecule has 0 aliphatic carbocycles. The fourth-order valence-electron chi connectivity index (χ4n) is 2.32. The zero-order chi connectivity index (χ0) is 19.2. The number of halogens is 1. The van der Waals surface area contributed by atoms with Crippen LogP contribution in [0.2, 0.25) is 5.02 Å². The van der Waals surface area contributed by atoms with E-state index in [1.54, 1.807) is 48.5 Å². The van der Waals surface area contributed by atoms with Crippen molar-refractivity contribution in [2.75, 3.05) is 10.6 Å². The number of aromatic nitrogens is 3. The van der Waals surface area contributed by atoms with Gasteiger partial charge in [0.2, 0.25) is 11.7 Å². The van der Waals surface area contributed by atoms with Gasteiger partial charge in [-0.3, -0.25) is 14.2 Å². The van der Waals surface area contributed by atoms with Crippen LogP contribution in [0.15, 0.2) is 54.9 Å². The molecule has 0 spiro atoms. The Morgan fingerprint density at radius 2 is 1.85 bits per heavy atom. The van der Waals surface area contributed by atoms with Crippen LogP contribution in [0.25, 0.3) is 0 Å². The number of nitrogens with zero attached hydrogens (tertiary/aromatic N) is 4. The minimum atomic E-state index is -0.418. The molecule has 0 aliphatic heterocycles. The molecular formula is C18H13ClN6O2. The Hall–Kier alpha value is -3.70. The van der Waals surface area contributed by atoms with Crippen LogP contribution in [-0.4, -0.2) is 26.6 Å².